The monoisotopic (exact) mass is 300 g/mol. The Balaban J connectivity index is 1.48. The van der Waals surface area contributed by atoms with Crippen LogP contribution in [0.1, 0.15) is 37.8 Å². The van der Waals surface area contributed by atoms with Gasteiger partial charge in [-0.15, -0.1) is 5.10 Å². The topological polar surface area (TPSA) is 58.1 Å². The molecule has 1 saturated heterocycles. The third-order valence-electron chi connectivity index (χ3n) is 4.57. The molecular formula is C17H24N4O. The highest BCUT2D eigenvalue weighted by Crippen LogP contribution is 2.23. The Morgan fingerprint density at radius 2 is 2.00 bits per heavy atom. The predicted octanol–water partition coefficient (Wildman–Crippen LogP) is 2.54. The minimum Gasteiger partial charge on any atom is -0.366 e. The number of carbonyl (C=O) groups excluding carboxylic acids is 1. The Morgan fingerprint density at radius 1 is 1.18 bits per heavy atom. The average molecular weight is 300 g/mol. The molecule has 1 aromatic rings. The molecule has 0 radical (unpaired) electrons. The summed E-state index contributed by atoms with van der Waals surface area (Å²) in [6.07, 6.45) is 9.25. The maximum Gasteiger partial charge on any atom is 0.226 e. The van der Waals surface area contributed by atoms with Crippen LogP contribution < -0.4 is 5.32 Å². The molecule has 1 N–H and O–H groups in total. The van der Waals surface area contributed by atoms with Crippen molar-refractivity contribution in [2.45, 2.75) is 45.1 Å². The molecule has 1 aromatic heterocycles. The molecule has 118 valence electrons. The van der Waals surface area contributed by atoms with Gasteiger partial charge in [-0.3, -0.25) is 4.79 Å². The van der Waals surface area contributed by atoms with Crippen LogP contribution in [0.4, 0.5) is 5.82 Å². The summed E-state index contributed by atoms with van der Waals surface area (Å²) in [4.78, 5) is 14.5. The van der Waals surface area contributed by atoms with E-state index in [0.717, 1.165) is 56.7 Å². The van der Waals surface area contributed by atoms with Gasteiger partial charge in [-0.25, -0.2) is 0 Å². The number of aryl methyl sites for hydroxylation is 1. The Labute approximate surface area is 131 Å². The number of hydrogen-bond donors (Lipinski definition) is 1. The lowest BCUT2D eigenvalue weighted by Gasteiger charge is -2.35. The number of allylic oxidation sites excluding steroid dienone is 2. The van der Waals surface area contributed by atoms with E-state index in [4.69, 9.17) is 0 Å². The SMILES string of the molecule is Cc1ccc(NC2CCN(C(=O)[C@@H]3CC=CCC3)CC2)nn1. The summed E-state index contributed by atoms with van der Waals surface area (Å²) in [5, 5.41) is 11.6. The first kappa shape index (κ1) is 15.0. The van der Waals surface area contributed by atoms with Crippen molar-refractivity contribution in [3.8, 4) is 0 Å². The second-order valence-electron chi connectivity index (χ2n) is 6.29. The number of piperidine rings is 1. The fourth-order valence-electron chi connectivity index (χ4n) is 3.21. The molecule has 3 rings (SSSR count). The number of nitrogens with one attached hydrogen (secondary N) is 1. The molecule has 0 unspecified atom stereocenters. The van der Waals surface area contributed by atoms with Gasteiger partial charge in [-0.05, 0) is 51.2 Å². The van der Waals surface area contributed by atoms with Crippen molar-refractivity contribution in [2.24, 2.45) is 5.92 Å². The number of nitrogens with zero attached hydrogens (tertiary/aromatic N) is 3. The average Bonchev–Trinajstić information content (AvgIpc) is 2.58. The second kappa shape index (κ2) is 6.90. The number of hydrogen-bond acceptors (Lipinski definition) is 4. The van der Waals surface area contributed by atoms with Crippen molar-refractivity contribution >= 4 is 11.7 Å². The van der Waals surface area contributed by atoms with Crippen molar-refractivity contribution < 1.29 is 4.79 Å². The fraction of sp³-hybridized carbons (Fsp3) is 0.588. The summed E-state index contributed by atoms with van der Waals surface area (Å²) >= 11 is 0. The Kier molecular flexibility index (Phi) is 4.71. The Morgan fingerprint density at radius 3 is 2.64 bits per heavy atom. The Bertz CT molecular complexity index is 532. The summed E-state index contributed by atoms with van der Waals surface area (Å²) in [7, 11) is 0. The van der Waals surface area contributed by atoms with Gasteiger partial charge in [0, 0.05) is 25.0 Å². The van der Waals surface area contributed by atoms with Gasteiger partial charge in [0.05, 0.1) is 5.69 Å². The summed E-state index contributed by atoms with van der Waals surface area (Å²) in [6.45, 7) is 3.62. The lowest BCUT2D eigenvalue weighted by Crippen LogP contribution is -2.45. The third kappa shape index (κ3) is 3.64. The number of aromatic nitrogens is 2. The Hall–Kier alpha value is -1.91. The molecule has 1 aliphatic carbocycles. The highest BCUT2D eigenvalue weighted by molar-refractivity contribution is 5.79. The van der Waals surface area contributed by atoms with Crippen LogP contribution in [-0.2, 0) is 4.79 Å². The molecule has 22 heavy (non-hydrogen) atoms. The third-order valence-corrected chi connectivity index (χ3v) is 4.57. The molecular weight excluding hydrogens is 276 g/mol. The number of likely N-dealkylation sites (tertiary alicyclic amines) is 1. The van der Waals surface area contributed by atoms with E-state index in [-0.39, 0.29) is 5.92 Å². The maximum atomic E-state index is 12.5. The van der Waals surface area contributed by atoms with Crippen LogP contribution in [0.15, 0.2) is 24.3 Å². The van der Waals surface area contributed by atoms with E-state index in [1.807, 2.05) is 24.0 Å². The first-order chi connectivity index (χ1) is 10.7. The molecule has 1 atom stereocenters. The van der Waals surface area contributed by atoms with Crippen LogP contribution in [0.25, 0.3) is 0 Å². The van der Waals surface area contributed by atoms with Gasteiger partial charge in [-0.2, -0.15) is 5.10 Å². The van der Waals surface area contributed by atoms with E-state index in [1.165, 1.54) is 0 Å². The number of rotatable bonds is 3. The van der Waals surface area contributed by atoms with E-state index in [0.29, 0.717) is 11.9 Å². The quantitative estimate of drug-likeness (QED) is 0.872. The van der Waals surface area contributed by atoms with Gasteiger partial charge in [0.2, 0.25) is 5.91 Å². The molecule has 1 aliphatic heterocycles. The zero-order chi connectivity index (χ0) is 15.4. The lowest BCUT2D eigenvalue weighted by atomic mass is 9.92. The van der Waals surface area contributed by atoms with Gasteiger partial charge in [0.15, 0.2) is 0 Å². The molecule has 0 aromatic carbocycles. The van der Waals surface area contributed by atoms with Crippen LogP contribution in [0.5, 0.6) is 0 Å². The molecule has 0 spiro atoms. The van der Waals surface area contributed by atoms with Crippen molar-refractivity contribution in [2.75, 3.05) is 18.4 Å². The van der Waals surface area contributed by atoms with Crippen LogP contribution in [-0.4, -0.2) is 40.1 Å². The molecule has 0 bridgehead atoms. The lowest BCUT2D eigenvalue weighted by molar-refractivity contribution is -0.136. The second-order valence-corrected chi connectivity index (χ2v) is 6.29. The smallest absolute Gasteiger partial charge is 0.226 e. The molecule has 1 fully saturated rings. The van der Waals surface area contributed by atoms with Crippen LogP contribution >= 0.6 is 0 Å². The maximum absolute atomic E-state index is 12.5. The van der Waals surface area contributed by atoms with Crippen molar-refractivity contribution in [3.05, 3.63) is 30.0 Å². The van der Waals surface area contributed by atoms with Gasteiger partial charge >= 0.3 is 0 Å². The van der Waals surface area contributed by atoms with E-state index in [2.05, 4.69) is 27.7 Å². The normalized spacial score (nSPS) is 22.6. The zero-order valence-corrected chi connectivity index (χ0v) is 13.2. The first-order valence-corrected chi connectivity index (χ1v) is 8.23. The number of anilines is 1. The summed E-state index contributed by atoms with van der Waals surface area (Å²) in [6, 6.07) is 4.31. The van der Waals surface area contributed by atoms with Gasteiger partial charge in [0.1, 0.15) is 5.82 Å². The van der Waals surface area contributed by atoms with Crippen LogP contribution in [0.3, 0.4) is 0 Å². The summed E-state index contributed by atoms with van der Waals surface area (Å²) in [5.41, 5.74) is 0.924. The predicted molar refractivity (Wildman–Crippen MR) is 86.5 cm³/mol. The molecule has 2 aliphatic rings. The van der Waals surface area contributed by atoms with Crippen molar-refractivity contribution in [1.82, 2.24) is 15.1 Å². The van der Waals surface area contributed by atoms with Crippen molar-refractivity contribution in [3.63, 3.8) is 0 Å². The molecule has 5 heteroatoms. The van der Waals surface area contributed by atoms with E-state index in [9.17, 15) is 4.79 Å². The van der Waals surface area contributed by atoms with Gasteiger partial charge < -0.3 is 10.2 Å². The molecule has 0 saturated carbocycles. The van der Waals surface area contributed by atoms with E-state index < -0.39 is 0 Å². The molecule has 1 amide bonds. The highest BCUT2D eigenvalue weighted by atomic mass is 16.2. The zero-order valence-electron chi connectivity index (χ0n) is 13.2. The summed E-state index contributed by atoms with van der Waals surface area (Å²) < 4.78 is 0. The van der Waals surface area contributed by atoms with E-state index >= 15 is 0 Å². The van der Waals surface area contributed by atoms with E-state index in [1.54, 1.807) is 0 Å². The van der Waals surface area contributed by atoms with Crippen LogP contribution in [0.2, 0.25) is 0 Å². The highest BCUT2D eigenvalue weighted by Gasteiger charge is 2.28. The minimum absolute atomic E-state index is 0.206. The summed E-state index contributed by atoms with van der Waals surface area (Å²) in [5.74, 6) is 1.38. The van der Waals surface area contributed by atoms with Gasteiger partial charge in [0.25, 0.3) is 0 Å². The standard InChI is InChI=1S/C17H24N4O/c1-13-7-8-16(20-19-13)18-15-9-11-21(12-10-15)17(22)14-5-3-2-4-6-14/h2-3,7-8,14-15H,4-6,9-12H2,1H3,(H,18,20)/t14-/m1/s1. The largest absolute Gasteiger partial charge is 0.366 e. The van der Waals surface area contributed by atoms with Gasteiger partial charge in [-0.1, -0.05) is 12.2 Å². The number of amides is 1. The molecule has 5 nitrogen and oxygen atoms in total. The van der Waals surface area contributed by atoms with Crippen molar-refractivity contribution in [1.29, 1.82) is 0 Å². The number of carbonyl (C=O) groups is 1. The minimum atomic E-state index is 0.206. The first-order valence-electron chi connectivity index (χ1n) is 8.23. The molecule has 2 heterocycles. The fourth-order valence-corrected chi connectivity index (χ4v) is 3.21. The van der Waals surface area contributed by atoms with Crippen LogP contribution in [0, 0.1) is 12.8 Å².